The van der Waals surface area contributed by atoms with Gasteiger partial charge in [0, 0.05) is 70.1 Å². The first-order chi connectivity index (χ1) is 50.2. The Labute approximate surface area is 614 Å². The van der Waals surface area contributed by atoms with Crippen molar-refractivity contribution in [2.75, 3.05) is 32.9 Å². The molecule has 0 bridgehead atoms. The number of aliphatic hydroxyl groups excluding tert-OH is 10. The number of aliphatic carboxylic acids is 1. The molecule has 4 heterocycles. The number of hydrogen-bond donors (Lipinski definition) is 14. The van der Waals surface area contributed by atoms with Crippen LogP contribution in [0.4, 0.5) is 0 Å². The second kappa shape index (κ2) is 43.4. The summed E-state index contributed by atoms with van der Waals surface area (Å²) in [5.41, 5.74) is 0. The van der Waals surface area contributed by atoms with E-state index in [1.165, 1.54) is 33.1 Å². The van der Waals surface area contributed by atoms with E-state index >= 15 is 0 Å². The van der Waals surface area contributed by atoms with Crippen LogP contribution in [-0.2, 0) is 85.7 Å². The SMILES string of the molecule is CC[C@H]1CC(C(=O)NCCCC(=O)CCC(=O)NCCCC(=O)[C@@H]2C[C@H](CC)[C@@H](O[C@@H]3O[C@@H](C)[C@@H](O)[C@@H](O)[C@@H]3O)[C@H](O[C@@H]3O[C@H](CO)[C@H](O)[C@H](O[C@@H](CC4CCCCC4)C(=O)O)[C@H]3NC(C)=O)C2)C[C@@H](O[C@@H]2O[C@H](CO)[C@H](O)[C@H](OCCC3CCCCC3)[C@H]2C)[C@@H]1O[C@@H]1O[C@@H](C)[C@@H](O)[C@@H](O)[C@@H]1O.O=C=O. The molecule has 4 aliphatic heterocycles. The molecule has 105 heavy (non-hydrogen) atoms. The Morgan fingerprint density at radius 2 is 1.03 bits per heavy atom. The highest BCUT2D eigenvalue weighted by molar-refractivity contribution is 5.85. The van der Waals surface area contributed by atoms with E-state index in [9.17, 15) is 84.9 Å². The van der Waals surface area contributed by atoms with Gasteiger partial charge in [-0.3, -0.25) is 24.0 Å². The molecule has 0 spiro atoms. The average molecular weight is 1500 g/mol. The van der Waals surface area contributed by atoms with Crippen molar-refractivity contribution in [1.29, 1.82) is 0 Å². The van der Waals surface area contributed by atoms with Gasteiger partial charge in [-0.1, -0.05) is 97.8 Å². The summed E-state index contributed by atoms with van der Waals surface area (Å²) in [5.74, 6) is -5.17. The van der Waals surface area contributed by atoms with Gasteiger partial charge in [0.05, 0.1) is 55.9 Å². The third-order valence-corrected chi connectivity index (χ3v) is 22.9. The standard InChI is InChI=1S/C72H121N3O27.CO2/c1-7-42-30-44(32-48(64(42)101-71-61(88)59(86)55(82)37(4)94-71)98-70-54(75-39(6)78)66(58(85)52(35-77)100-70)96-50(68(91)92)29-41-19-13-10-14-20-41)47(80)22-16-26-73-53(81)24-23-46(79)21-15-27-74-67(90)45-31-43(8-2)65(102-72-62(89)60(87)56(83)38(5)95-72)49(33-45)97-69-36(3)63(57(84)51(34-76)99-69)93-28-25-40-17-11-9-12-18-40;2-1-3/h36-38,40-45,48-52,54-66,69-72,76-77,82-89H,7-35H2,1-6H3,(H,73,81)(H,74,90)(H,75,78)(H,91,92);/t36-,37+,38+,42+,43+,44-,45?,48-,49-,50+,51-,52-,54-,55-,56-,57+,58+,59-,60-,61+,62+,63-,64-,65-,66-,69-,70-,71+,72+;/m1./s1. The van der Waals surface area contributed by atoms with Crippen LogP contribution in [0.1, 0.15) is 196 Å². The fourth-order valence-corrected chi connectivity index (χ4v) is 16.6. The van der Waals surface area contributed by atoms with Gasteiger partial charge in [-0.2, -0.15) is 9.59 Å². The Hall–Kier alpha value is -4.20. The summed E-state index contributed by atoms with van der Waals surface area (Å²) in [6.07, 6.45) is -16.0. The molecule has 8 fully saturated rings. The lowest BCUT2D eigenvalue weighted by Crippen LogP contribution is -2.67. The summed E-state index contributed by atoms with van der Waals surface area (Å²) in [6.45, 7) is 9.19. The molecular weight excluding hydrogens is 1380 g/mol. The Kier molecular flexibility index (Phi) is 36.4. The monoisotopic (exact) mass is 1500 g/mol. The van der Waals surface area contributed by atoms with Crippen LogP contribution in [0.2, 0.25) is 0 Å². The van der Waals surface area contributed by atoms with Crippen molar-refractivity contribution in [2.24, 2.45) is 41.4 Å². The summed E-state index contributed by atoms with van der Waals surface area (Å²) in [7, 11) is 0. The van der Waals surface area contributed by atoms with E-state index in [4.69, 9.17) is 57.0 Å². The molecule has 1 unspecified atom stereocenters. The molecule has 3 amide bonds. The van der Waals surface area contributed by atoms with Gasteiger partial charge < -0.3 is 119 Å². The minimum Gasteiger partial charge on any atom is -0.479 e. The van der Waals surface area contributed by atoms with Crippen molar-refractivity contribution in [1.82, 2.24) is 16.0 Å². The van der Waals surface area contributed by atoms with E-state index in [0.29, 0.717) is 31.8 Å². The maximum Gasteiger partial charge on any atom is 0.373 e. The Bertz CT molecular complexity index is 2710. The predicted octanol–water partition coefficient (Wildman–Crippen LogP) is 0.644. The zero-order valence-corrected chi connectivity index (χ0v) is 61.7. The number of hydrogen-bond acceptors (Lipinski definition) is 28. The number of ether oxygens (including phenoxy) is 10. The Morgan fingerprint density at radius 1 is 0.533 bits per heavy atom. The first-order valence-electron chi connectivity index (χ1n) is 38.4. The molecule has 0 aromatic heterocycles. The number of amides is 3. The minimum absolute atomic E-state index is 0.00897. The summed E-state index contributed by atoms with van der Waals surface area (Å²) in [5, 5.41) is 127. The van der Waals surface area contributed by atoms with Gasteiger partial charge in [0.2, 0.25) is 17.7 Å². The Morgan fingerprint density at radius 3 is 1.56 bits per heavy atom. The molecule has 0 radical (unpaired) electrons. The smallest absolute Gasteiger partial charge is 0.373 e. The van der Waals surface area contributed by atoms with Crippen LogP contribution < -0.4 is 16.0 Å². The maximum absolute atomic E-state index is 14.3. The number of carboxylic acids is 1. The molecule has 14 N–H and O–H groups in total. The van der Waals surface area contributed by atoms with Crippen LogP contribution in [0, 0.1) is 41.4 Å². The number of nitrogens with one attached hydrogen (secondary N) is 3. The summed E-state index contributed by atoms with van der Waals surface area (Å²) < 4.78 is 63.2. The van der Waals surface area contributed by atoms with Crippen molar-refractivity contribution in [3.8, 4) is 0 Å². The van der Waals surface area contributed by atoms with Crippen molar-refractivity contribution < 1.29 is 142 Å². The highest BCUT2D eigenvalue weighted by atomic mass is 16.7. The van der Waals surface area contributed by atoms with Gasteiger partial charge in [-0.15, -0.1) is 0 Å². The van der Waals surface area contributed by atoms with E-state index in [1.807, 2.05) is 20.8 Å². The maximum atomic E-state index is 14.3. The zero-order chi connectivity index (χ0) is 76.8. The average Bonchev–Trinajstić information content (AvgIpc) is 0.786. The predicted molar refractivity (Wildman–Crippen MR) is 365 cm³/mol. The van der Waals surface area contributed by atoms with Crippen molar-refractivity contribution >= 4 is 41.4 Å². The third-order valence-electron chi connectivity index (χ3n) is 22.9. The lowest BCUT2D eigenvalue weighted by molar-refractivity contribution is -0.342. The molecule has 32 heteroatoms. The van der Waals surface area contributed by atoms with Crippen LogP contribution in [-0.4, -0.2) is 278 Å². The molecular formula is C73H121N3O29. The molecule has 4 aliphatic carbocycles. The zero-order valence-electron chi connectivity index (χ0n) is 61.7. The number of rotatable bonds is 35. The molecule has 32 nitrogen and oxygen atoms in total. The molecule has 602 valence electrons. The van der Waals surface area contributed by atoms with Crippen molar-refractivity contribution in [2.45, 2.75) is 343 Å². The molecule has 4 saturated carbocycles. The molecule has 4 saturated heterocycles. The quantitative estimate of drug-likeness (QED) is 0.0387. The number of aliphatic hydroxyl groups is 10. The number of carboxylic acid groups (broad SMARTS) is 1. The summed E-state index contributed by atoms with van der Waals surface area (Å²) in [6, 6.07) is -1.37. The Balaban J connectivity index is 0.00000504. The van der Waals surface area contributed by atoms with Crippen LogP contribution in [0.15, 0.2) is 0 Å². The lowest BCUT2D eigenvalue weighted by atomic mass is 9.74. The third kappa shape index (κ3) is 24.6. The second-order valence-electron chi connectivity index (χ2n) is 30.3. The fraction of sp³-hybridized carbons (Fsp3) is 0.904. The topological polar surface area (TPSA) is 487 Å². The highest BCUT2D eigenvalue weighted by Gasteiger charge is 2.55. The van der Waals surface area contributed by atoms with Crippen LogP contribution in [0.25, 0.3) is 0 Å². The van der Waals surface area contributed by atoms with Gasteiger partial charge in [0.1, 0.15) is 84.8 Å². The minimum atomic E-state index is -1.72. The number of ketones is 2. The second-order valence-corrected chi connectivity index (χ2v) is 30.3. The van der Waals surface area contributed by atoms with E-state index in [1.54, 1.807) is 6.92 Å². The lowest BCUT2D eigenvalue weighted by Gasteiger charge is -2.49. The van der Waals surface area contributed by atoms with Gasteiger partial charge in [-0.25, -0.2) is 4.79 Å². The van der Waals surface area contributed by atoms with Gasteiger partial charge >= 0.3 is 12.1 Å². The first-order valence-corrected chi connectivity index (χ1v) is 38.4. The van der Waals surface area contributed by atoms with E-state index < -0.39 is 202 Å². The van der Waals surface area contributed by atoms with Gasteiger partial charge in [0.15, 0.2) is 31.3 Å². The fourth-order valence-electron chi connectivity index (χ4n) is 16.6. The summed E-state index contributed by atoms with van der Waals surface area (Å²) in [4.78, 5) is 96.7. The van der Waals surface area contributed by atoms with Crippen LogP contribution >= 0.6 is 0 Å². The van der Waals surface area contributed by atoms with E-state index in [0.717, 1.165) is 51.4 Å². The van der Waals surface area contributed by atoms with Crippen molar-refractivity contribution in [3.63, 3.8) is 0 Å². The highest BCUT2D eigenvalue weighted by Crippen LogP contribution is 2.43. The molecule has 0 aromatic rings. The van der Waals surface area contributed by atoms with E-state index in [2.05, 4.69) is 16.0 Å². The van der Waals surface area contributed by atoms with Crippen LogP contribution in [0.3, 0.4) is 0 Å². The first kappa shape index (κ1) is 88.0. The van der Waals surface area contributed by atoms with Crippen molar-refractivity contribution in [3.05, 3.63) is 0 Å². The van der Waals surface area contributed by atoms with E-state index in [-0.39, 0.29) is 113 Å². The molecule has 29 atom stereocenters. The molecule has 8 rings (SSSR count). The normalized spacial score (nSPS) is 38.8. The number of carbonyl (C=O) groups excluding carboxylic acids is 7. The summed E-state index contributed by atoms with van der Waals surface area (Å²) >= 11 is 0. The number of carbonyl (C=O) groups is 6. The number of Topliss-reactive ketones (excluding diaryl/α,β-unsaturated/α-hetero) is 2. The largest absolute Gasteiger partial charge is 0.479 e. The molecule has 8 aliphatic rings. The van der Waals surface area contributed by atoms with Gasteiger partial charge in [-0.05, 0) is 88.9 Å². The van der Waals surface area contributed by atoms with Crippen LogP contribution in [0.5, 0.6) is 0 Å². The van der Waals surface area contributed by atoms with Gasteiger partial charge in [0.25, 0.3) is 0 Å². The molecule has 0 aromatic carbocycles.